The molecule has 8 nitrogen and oxygen atoms in total. The van der Waals surface area contributed by atoms with Crippen LogP contribution in [0.5, 0.6) is 0 Å². The summed E-state index contributed by atoms with van der Waals surface area (Å²) in [6.45, 7) is 5.23. The highest BCUT2D eigenvalue weighted by atomic mass is 16.2. The van der Waals surface area contributed by atoms with E-state index in [9.17, 15) is 19.2 Å². The van der Waals surface area contributed by atoms with Crippen LogP contribution in [0.4, 0.5) is 10.5 Å². The minimum atomic E-state index is -0.739. The van der Waals surface area contributed by atoms with Gasteiger partial charge in [0.15, 0.2) is 0 Å². The molecule has 1 saturated heterocycles. The molecule has 0 saturated carbocycles. The lowest BCUT2D eigenvalue weighted by Crippen LogP contribution is -2.52. The summed E-state index contributed by atoms with van der Waals surface area (Å²) in [5.41, 5.74) is 3.91. The molecule has 144 valence electrons. The van der Waals surface area contributed by atoms with Crippen LogP contribution in [0.15, 0.2) is 35.9 Å². The Hall–Kier alpha value is -3.68. The van der Waals surface area contributed by atoms with Gasteiger partial charge in [-0.2, -0.15) is 0 Å². The number of nitrogens with zero attached hydrogens (tertiary/aromatic N) is 2. The van der Waals surface area contributed by atoms with Crippen LogP contribution in [0.3, 0.4) is 0 Å². The highest BCUT2D eigenvalue weighted by Crippen LogP contribution is 2.25. The molecule has 8 heteroatoms. The monoisotopic (exact) mass is 380 g/mol. The zero-order chi connectivity index (χ0) is 20.6. The number of rotatable bonds is 3. The van der Waals surface area contributed by atoms with Crippen molar-refractivity contribution in [2.75, 3.05) is 12.4 Å². The topological polar surface area (TPSA) is 101 Å². The average molecular weight is 380 g/mol. The molecule has 0 bridgehead atoms. The van der Waals surface area contributed by atoms with E-state index < -0.39 is 17.8 Å². The van der Waals surface area contributed by atoms with Crippen molar-refractivity contribution in [1.82, 2.24) is 14.8 Å². The van der Waals surface area contributed by atoms with E-state index in [0.29, 0.717) is 11.3 Å². The van der Waals surface area contributed by atoms with Crippen molar-refractivity contribution < 1.29 is 19.2 Å². The first-order valence-corrected chi connectivity index (χ1v) is 8.61. The summed E-state index contributed by atoms with van der Waals surface area (Å²) in [6, 6.07) is 8.46. The lowest BCUT2D eigenvalue weighted by molar-refractivity contribution is -0.129. The van der Waals surface area contributed by atoms with Gasteiger partial charge in [-0.15, -0.1) is 0 Å². The number of barbiturate groups is 1. The third-order valence-corrected chi connectivity index (χ3v) is 4.52. The van der Waals surface area contributed by atoms with Gasteiger partial charge in [0.25, 0.3) is 11.8 Å². The van der Waals surface area contributed by atoms with Crippen LogP contribution >= 0.6 is 0 Å². The van der Waals surface area contributed by atoms with Gasteiger partial charge in [-0.05, 0) is 55.8 Å². The number of amides is 5. The number of aromatic nitrogens is 1. The molecular weight excluding hydrogens is 360 g/mol. The van der Waals surface area contributed by atoms with Crippen molar-refractivity contribution >= 4 is 35.5 Å². The molecule has 0 radical (unpaired) electrons. The van der Waals surface area contributed by atoms with E-state index in [-0.39, 0.29) is 11.5 Å². The zero-order valence-electron chi connectivity index (χ0n) is 16.0. The molecule has 1 aromatic carbocycles. The normalized spacial score (nSPS) is 15.8. The van der Waals surface area contributed by atoms with E-state index in [1.165, 1.54) is 20.0 Å². The molecule has 1 fully saturated rings. The van der Waals surface area contributed by atoms with Crippen LogP contribution < -0.4 is 10.6 Å². The van der Waals surface area contributed by atoms with Gasteiger partial charge in [-0.3, -0.25) is 24.6 Å². The molecule has 5 amide bonds. The van der Waals surface area contributed by atoms with Crippen molar-refractivity contribution in [3.8, 4) is 5.69 Å². The highest BCUT2D eigenvalue weighted by molar-refractivity contribution is 6.30. The molecule has 2 heterocycles. The van der Waals surface area contributed by atoms with Gasteiger partial charge >= 0.3 is 6.03 Å². The largest absolute Gasteiger partial charge is 0.331 e. The smallest absolute Gasteiger partial charge is 0.326 e. The number of hydrogen-bond donors (Lipinski definition) is 2. The lowest BCUT2D eigenvalue weighted by Gasteiger charge is -2.22. The maximum atomic E-state index is 12.3. The molecule has 0 unspecified atom stereocenters. The van der Waals surface area contributed by atoms with Crippen LogP contribution in [0.2, 0.25) is 0 Å². The molecule has 1 aliphatic heterocycles. The van der Waals surface area contributed by atoms with Gasteiger partial charge in [0, 0.05) is 36.7 Å². The van der Waals surface area contributed by atoms with Crippen molar-refractivity contribution in [1.29, 1.82) is 0 Å². The Labute approximate surface area is 161 Å². The van der Waals surface area contributed by atoms with Crippen molar-refractivity contribution in [2.45, 2.75) is 20.8 Å². The highest BCUT2D eigenvalue weighted by Gasteiger charge is 2.33. The summed E-state index contributed by atoms with van der Waals surface area (Å²) in [7, 11) is 1.32. The summed E-state index contributed by atoms with van der Waals surface area (Å²) in [5.74, 6) is -1.50. The summed E-state index contributed by atoms with van der Waals surface area (Å²) in [4.78, 5) is 47.9. The summed E-state index contributed by atoms with van der Waals surface area (Å²) < 4.78 is 1.98. The standard InChI is InChI=1S/C20H20N4O4/c1-11-9-14(10-17-18(26)22-20(28)23(4)19(17)27)12(2)24(11)16-7-5-15(6-8-16)21-13(3)25/h5-10H,1-4H3,(H,21,25)(H,22,26,28). The maximum absolute atomic E-state index is 12.3. The predicted octanol–water partition coefficient (Wildman–Crippen LogP) is 2.14. The number of nitrogens with one attached hydrogen (secondary N) is 2. The zero-order valence-corrected chi connectivity index (χ0v) is 16.0. The second kappa shape index (κ2) is 7.15. The third kappa shape index (κ3) is 3.44. The van der Waals surface area contributed by atoms with E-state index in [1.807, 2.05) is 36.6 Å². The third-order valence-electron chi connectivity index (χ3n) is 4.52. The molecule has 2 N–H and O–H groups in total. The summed E-state index contributed by atoms with van der Waals surface area (Å²) in [5, 5.41) is 4.86. The molecular formula is C20H20N4O4. The summed E-state index contributed by atoms with van der Waals surface area (Å²) >= 11 is 0. The van der Waals surface area contributed by atoms with E-state index in [1.54, 1.807) is 12.1 Å². The number of carbonyl (C=O) groups is 4. The van der Waals surface area contributed by atoms with E-state index >= 15 is 0 Å². The fourth-order valence-electron chi connectivity index (χ4n) is 3.13. The van der Waals surface area contributed by atoms with E-state index in [4.69, 9.17) is 0 Å². The van der Waals surface area contributed by atoms with Gasteiger partial charge < -0.3 is 9.88 Å². The first-order chi connectivity index (χ1) is 13.2. The Morgan fingerprint density at radius 2 is 1.75 bits per heavy atom. The number of carbonyl (C=O) groups excluding carboxylic acids is 4. The van der Waals surface area contributed by atoms with Crippen molar-refractivity contribution in [2.24, 2.45) is 0 Å². The van der Waals surface area contributed by atoms with Gasteiger partial charge in [-0.25, -0.2) is 4.79 Å². The molecule has 0 spiro atoms. The minimum absolute atomic E-state index is 0.0941. The molecule has 0 atom stereocenters. The average Bonchev–Trinajstić information content (AvgIpc) is 2.91. The number of aryl methyl sites for hydroxylation is 1. The van der Waals surface area contributed by atoms with Gasteiger partial charge in [0.1, 0.15) is 5.57 Å². The first kappa shape index (κ1) is 19.1. The van der Waals surface area contributed by atoms with Crippen LogP contribution in [0, 0.1) is 13.8 Å². The first-order valence-electron chi connectivity index (χ1n) is 8.61. The minimum Gasteiger partial charge on any atom is -0.326 e. The fraction of sp³-hybridized carbons (Fsp3) is 0.200. The second-order valence-corrected chi connectivity index (χ2v) is 6.57. The van der Waals surface area contributed by atoms with Crippen LogP contribution in [-0.2, 0) is 14.4 Å². The molecule has 1 aliphatic rings. The number of benzene rings is 1. The molecule has 0 aliphatic carbocycles. The van der Waals surface area contributed by atoms with Crippen molar-refractivity contribution in [3.63, 3.8) is 0 Å². The number of hydrogen-bond acceptors (Lipinski definition) is 4. The maximum Gasteiger partial charge on any atom is 0.331 e. The molecule has 3 rings (SSSR count). The summed E-state index contributed by atoms with van der Waals surface area (Å²) in [6.07, 6.45) is 1.49. The molecule has 1 aromatic heterocycles. The number of urea groups is 1. The second-order valence-electron chi connectivity index (χ2n) is 6.57. The quantitative estimate of drug-likeness (QED) is 0.629. The molecule has 28 heavy (non-hydrogen) atoms. The van der Waals surface area contributed by atoms with E-state index in [0.717, 1.165) is 22.0 Å². The Bertz CT molecular complexity index is 1030. The Morgan fingerprint density at radius 3 is 2.36 bits per heavy atom. The van der Waals surface area contributed by atoms with Crippen molar-refractivity contribution in [3.05, 3.63) is 52.9 Å². The Morgan fingerprint density at radius 1 is 1.11 bits per heavy atom. The van der Waals surface area contributed by atoms with Gasteiger partial charge in [0.2, 0.25) is 5.91 Å². The van der Waals surface area contributed by atoms with Crippen LogP contribution in [-0.4, -0.2) is 40.3 Å². The van der Waals surface area contributed by atoms with Gasteiger partial charge in [-0.1, -0.05) is 0 Å². The SMILES string of the molecule is CC(=O)Nc1ccc(-n2c(C)cc(C=C3C(=O)NC(=O)N(C)C3=O)c2C)cc1. The van der Waals surface area contributed by atoms with E-state index in [2.05, 4.69) is 10.6 Å². The lowest BCUT2D eigenvalue weighted by atomic mass is 10.1. The number of likely N-dealkylation sites (N-methyl/N-ethyl adjacent to an activating group) is 1. The van der Waals surface area contributed by atoms with Crippen LogP contribution in [0.25, 0.3) is 11.8 Å². The Kier molecular flexibility index (Phi) is 4.87. The number of imide groups is 2. The fourth-order valence-corrected chi connectivity index (χ4v) is 3.13. The predicted molar refractivity (Wildman–Crippen MR) is 104 cm³/mol. The Balaban J connectivity index is 1.98. The molecule has 2 aromatic rings. The van der Waals surface area contributed by atoms with Gasteiger partial charge in [0.05, 0.1) is 0 Å². The number of anilines is 1. The van der Waals surface area contributed by atoms with Crippen LogP contribution in [0.1, 0.15) is 23.9 Å².